The standard InChI is InChI=1S/C23H27N3O4S2/c1-4-13(2)10-16-14(3)32-22-20(16)21(28)25-23(26-22)31-12-19(27)24-15-6-7-17-18(11-15)30-9-5-8-29-17/h6-7,11,13H,4-5,8-10,12H2,1-3H3,(H,24,27)(H,25,26,28). The van der Waals surface area contributed by atoms with Crippen molar-refractivity contribution in [2.45, 2.75) is 45.2 Å². The SMILES string of the molecule is CCC(C)Cc1c(C)sc2nc(SCC(=O)Nc3ccc4c(c3)OCCCO4)[nH]c(=O)c12. The summed E-state index contributed by atoms with van der Waals surface area (Å²) < 4.78 is 11.3. The highest BCUT2D eigenvalue weighted by Gasteiger charge is 2.18. The van der Waals surface area contributed by atoms with E-state index in [1.54, 1.807) is 29.5 Å². The van der Waals surface area contributed by atoms with Gasteiger partial charge in [-0.2, -0.15) is 0 Å². The molecule has 3 aromatic rings. The maximum absolute atomic E-state index is 12.8. The van der Waals surface area contributed by atoms with Crippen LogP contribution in [0.5, 0.6) is 11.5 Å². The van der Waals surface area contributed by atoms with Crippen LogP contribution in [0, 0.1) is 12.8 Å². The average Bonchev–Trinajstić information content (AvgIpc) is 2.93. The summed E-state index contributed by atoms with van der Waals surface area (Å²) in [6, 6.07) is 5.35. The molecule has 2 N–H and O–H groups in total. The molecule has 0 aliphatic carbocycles. The third-order valence-corrected chi connectivity index (χ3v) is 7.38. The highest BCUT2D eigenvalue weighted by molar-refractivity contribution is 7.99. The number of nitrogens with one attached hydrogen (secondary N) is 2. The smallest absolute Gasteiger partial charge is 0.260 e. The molecule has 4 rings (SSSR count). The highest BCUT2D eigenvalue weighted by Crippen LogP contribution is 2.33. The molecule has 9 heteroatoms. The number of ether oxygens (including phenoxy) is 2. The number of anilines is 1. The molecule has 1 aliphatic rings. The molecular formula is C23H27N3O4S2. The van der Waals surface area contributed by atoms with Gasteiger partial charge in [-0.15, -0.1) is 11.3 Å². The van der Waals surface area contributed by atoms with Gasteiger partial charge in [-0.25, -0.2) is 4.98 Å². The molecular weight excluding hydrogens is 446 g/mol. The second-order valence-electron chi connectivity index (χ2n) is 7.95. The van der Waals surface area contributed by atoms with E-state index in [-0.39, 0.29) is 17.2 Å². The van der Waals surface area contributed by atoms with Crippen molar-refractivity contribution in [1.82, 2.24) is 9.97 Å². The Labute approximate surface area is 194 Å². The van der Waals surface area contributed by atoms with E-state index in [1.165, 1.54) is 11.8 Å². The van der Waals surface area contributed by atoms with Crippen LogP contribution in [-0.4, -0.2) is 34.8 Å². The van der Waals surface area contributed by atoms with E-state index >= 15 is 0 Å². The normalized spacial score (nSPS) is 14.2. The fraction of sp³-hybridized carbons (Fsp3) is 0.435. The minimum Gasteiger partial charge on any atom is -0.490 e. The molecule has 0 spiro atoms. The van der Waals surface area contributed by atoms with Crippen LogP contribution in [0.3, 0.4) is 0 Å². The van der Waals surface area contributed by atoms with Gasteiger partial charge >= 0.3 is 0 Å². The first-order valence-electron chi connectivity index (χ1n) is 10.8. The largest absolute Gasteiger partial charge is 0.490 e. The predicted octanol–water partition coefficient (Wildman–Crippen LogP) is 4.77. The first-order chi connectivity index (χ1) is 15.4. The number of aromatic amines is 1. The van der Waals surface area contributed by atoms with Crippen LogP contribution in [0.2, 0.25) is 0 Å². The lowest BCUT2D eigenvalue weighted by atomic mass is 9.98. The molecule has 3 heterocycles. The zero-order valence-corrected chi connectivity index (χ0v) is 20.1. The van der Waals surface area contributed by atoms with Crippen LogP contribution >= 0.6 is 23.1 Å². The van der Waals surface area contributed by atoms with E-state index in [0.29, 0.717) is 46.9 Å². The molecule has 1 unspecified atom stereocenters. The van der Waals surface area contributed by atoms with Crippen molar-refractivity contribution in [1.29, 1.82) is 0 Å². The fourth-order valence-electron chi connectivity index (χ4n) is 3.53. The Bertz CT molecular complexity index is 1190. The topological polar surface area (TPSA) is 93.3 Å². The summed E-state index contributed by atoms with van der Waals surface area (Å²) in [4.78, 5) is 34.6. The second kappa shape index (κ2) is 9.95. The predicted molar refractivity (Wildman–Crippen MR) is 130 cm³/mol. The van der Waals surface area contributed by atoms with Gasteiger partial charge in [0.1, 0.15) is 4.83 Å². The molecule has 7 nitrogen and oxygen atoms in total. The van der Waals surface area contributed by atoms with Crippen molar-refractivity contribution >= 4 is 44.9 Å². The highest BCUT2D eigenvalue weighted by atomic mass is 32.2. The first-order valence-corrected chi connectivity index (χ1v) is 12.6. The summed E-state index contributed by atoms with van der Waals surface area (Å²) in [7, 11) is 0. The Kier molecular flexibility index (Phi) is 7.05. The number of benzene rings is 1. The van der Waals surface area contributed by atoms with E-state index in [2.05, 4.69) is 29.1 Å². The molecule has 0 saturated heterocycles. The van der Waals surface area contributed by atoms with E-state index in [9.17, 15) is 9.59 Å². The van der Waals surface area contributed by atoms with Crippen LogP contribution in [0.4, 0.5) is 5.69 Å². The number of aryl methyl sites for hydroxylation is 1. The summed E-state index contributed by atoms with van der Waals surface area (Å²) in [5.74, 6) is 1.77. The van der Waals surface area contributed by atoms with Gasteiger partial charge in [0, 0.05) is 23.1 Å². The quantitative estimate of drug-likeness (QED) is 0.379. The summed E-state index contributed by atoms with van der Waals surface area (Å²) in [5, 5.41) is 4.00. The minimum absolute atomic E-state index is 0.132. The first kappa shape index (κ1) is 22.7. The Morgan fingerprint density at radius 2 is 2.09 bits per heavy atom. The number of aromatic nitrogens is 2. The van der Waals surface area contributed by atoms with E-state index in [0.717, 1.165) is 34.5 Å². The van der Waals surface area contributed by atoms with Gasteiger partial charge in [0.25, 0.3) is 5.56 Å². The maximum atomic E-state index is 12.8. The maximum Gasteiger partial charge on any atom is 0.260 e. The number of hydrogen-bond donors (Lipinski definition) is 2. The Balaban J connectivity index is 1.43. The molecule has 0 bridgehead atoms. The molecule has 0 saturated carbocycles. The zero-order valence-electron chi connectivity index (χ0n) is 18.4. The van der Waals surface area contributed by atoms with Gasteiger partial charge in [0.2, 0.25) is 5.91 Å². The minimum atomic E-state index is -0.188. The molecule has 2 aromatic heterocycles. The number of nitrogens with zero attached hydrogens (tertiary/aromatic N) is 1. The number of H-pyrrole nitrogens is 1. The van der Waals surface area contributed by atoms with Gasteiger partial charge in [0.05, 0.1) is 24.4 Å². The molecule has 1 atom stereocenters. The van der Waals surface area contributed by atoms with Gasteiger partial charge in [-0.05, 0) is 37.0 Å². The number of thiophene rings is 1. The number of carbonyl (C=O) groups excluding carboxylic acids is 1. The summed E-state index contributed by atoms with van der Waals surface area (Å²) >= 11 is 2.75. The molecule has 1 aromatic carbocycles. The molecule has 0 fully saturated rings. The number of carbonyl (C=O) groups is 1. The van der Waals surface area contributed by atoms with Gasteiger partial charge in [-0.3, -0.25) is 9.59 Å². The lowest BCUT2D eigenvalue weighted by Crippen LogP contribution is -2.16. The van der Waals surface area contributed by atoms with Crippen LogP contribution < -0.4 is 20.3 Å². The molecule has 170 valence electrons. The number of hydrogen-bond acceptors (Lipinski definition) is 7. The molecule has 1 amide bonds. The van der Waals surface area contributed by atoms with Crippen molar-refractivity contribution in [2.24, 2.45) is 5.92 Å². The van der Waals surface area contributed by atoms with Crippen LogP contribution in [0.25, 0.3) is 10.2 Å². The van der Waals surface area contributed by atoms with Crippen molar-refractivity contribution < 1.29 is 14.3 Å². The van der Waals surface area contributed by atoms with Crippen molar-refractivity contribution in [3.8, 4) is 11.5 Å². The Morgan fingerprint density at radius 3 is 2.88 bits per heavy atom. The lowest BCUT2D eigenvalue weighted by molar-refractivity contribution is -0.113. The summed E-state index contributed by atoms with van der Waals surface area (Å²) in [6.45, 7) is 7.59. The van der Waals surface area contributed by atoms with Crippen molar-refractivity contribution in [2.75, 3.05) is 24.3 Å². The Hall–Kier alpha value is -2.52. The fourth-order valence-corrected chi connectivity index (χ4v) is 5.31. The van der Waals surface area contributed by atoms with Gasteiger partial charge < -0.3 is 19.8 Å². The Morgan fingerprint density at radius 1 is 1.31 bits per heavy atom. The lowest BCUT2D eigenvalue weighted by Gasteiger charge is -2.10. The molecule has 0 radical (unpaired) electrons. The molecule has 1 aliphatic heterocycles. The number of rotatable bonds is 7. The van der Waals surface area contributed by atoms with Gasteiger partial charge in [-0.1, -0.05) is 32.0 Å². The van der Waals surface area contributed by atoms with E-state index in [4.69, 9.17) is 9.47 Å². The monoisotopic (exact) mass is 473 g/mol. The third kappa shape index (κ3) is 5.10. The van der Waals surface area contributed by atoms with Crippen LogP contribution in [-0.2, 0) is 11.2 Å². The van der Waals surface area contributed by atoms with Crippen LogP contribution in [0.1, 0.15) is 37.1 Å². The summed E-state index contributed by atoms with van der Waals surface area (Å²) in [6.07, 6.45) is 2.76. The van der Waals surface area contributed by atoms with Gasteiger partial charge in [0.15, 0.2) is 16.7 Å². The zero-order chi connectivity index (χ0) is 22.7. The molecule has 32 heavy (non-hydrogen) atoms. The third-order valence-electron chi connectivity index (χ3n) is 5.46. The number of fused-ring (bicyclic) bond motifs is 2. The van der Waals surface area contributed by atoms with Crippen molar-refractivity contribution in [3.63, 3.8) is 0 Å². The van der Waals surface area contributed by atoms with Crippen molar-refractivity contribution in [3.05, 3.63) is 39.0 Å². The average molecular weight is 474 g/mol. The second-order valence-corrected chi connectivity index (χ2v) is 10.1. The van der Waals surface area contributed by atoms with E-state index in [1.807, 2.05) is 6.92 Å². The number of amides is 1. The summed E-state index contributed by atoms with van der Waals surface area (Å²) in [5.41, 5.74) is 1.60. The van der Waals surface area contributed by atoms with E-state index < -0.39 is 0 Å². The van der Waals surface area contributed by atoms with Crippen LogP contribution in [0.15, 0.2) is 28.2 Å². The number of thioether (sulfide) groups is 1.